The maximum atomic E-state index is 2.17. The fraction of sp³-hybridized carbons (Fsp3) is 0.200. The minimum atomic E-state index is 0.685. The first-order valence-corrected chi connectivity index (χ1v) is 2.11. The van der Waals surface area contributed by atoms with E-state index in [1.807, 2.05) is 0 Å². The van der Waals surface area contributed by atoms with E-state index in [1.54, 1.807) is 0 Å². The maximum absolute atomic E-state index is 2.17. The first-order valence-electron chi connectivity index (χ1n) is 2.11. The molecule has 0 unspecified atom stereocenters. The first kappa shape index (κ1) is 2.45. The second-order valence-electron chi connectivity index (χ2n) is 1.62. The summed E-state index contributed by atoms with van der Waals surface area (Å²) in [5.74, 6) is 0. The van der Waals surface area contributed by atoms with Crippen molar-refractivity contribution in [1.82, 2.24) is 4.90 Å². The molecule has 0 N–H and O–H groups in total. The first-order chi connectivity index (χ1) is 2.97. The van der Waals surface area contributed by atoms with Gasteiger partial charge in [0.1, 0.15) is 0 Å². The average molecular weight is 79.1 g/mol. The lowest BCUT2D eigenvalue weighted by atomic mass is 10.6. The molecule has 1 heteroatoms. The summed E-state index contributed by atoms with van der Waals surface area (Å²) >= 11 is 0. The van der Waals surface area contributed by atoms with E-state index in [0.717, 1.165) is 0 Å². The molecule has 1 aliphatic heterocycles. The van der Waals surface area contributed by atoms with Crippen LogP contribution in [0.1, 0.15) is 0 Å². The van der Waals surface area contributed by atoms with Crippen molar-refractivity contribution in [2.75, 3.05) is 0 Å². The van der Waals surface area contributed by atoms with E-state index in [1.165, 1.54) is 0 Å². The number of rotatable bonds is 1. The van der Waals surface area contributed by atoms with Crippen molar-refractivity contribution in [3.63, 3.8) is 0 Å². The Morgan fingerprint density at radius 3 is 2.00 bits per heavy atom. The summed E-state index contributed by atoms with van der Waals surface area (Å²) in [5.41, 5.74) is 0. The van der Waals surface area contributed by atoms with Crippen LogP contribution in [0, 0.1) is 0 Å². The number of hydrogen-bond acceptors (Lipinski definition) is 1. The van der Waals surface area contributed by atoms with Gasteiger partial charge in [0, 0.05) is 12.4 Å². The zero-order valence-electron chi connectivity index (χ0n) is 3.33. The Labute approximate surface area is 36.6 Å². The van der Waals surface area contributed by atoms with Crippen molar-refractivity contribution in [2.24, 2.45) is 0 Å². The molecule has 1 heterocycles. The van der Waals surface area contributed by atoms with Crippen LogP contribution < -0.4 is 0 Å². The van der Waals surface area contributed by atoms with Crippen LogP contribution in [0.5, 0.6) is 0 Å². The van der Waals surface area contributed by atoms with Gasteiger partial charge in [-0.1, -0.05) is 12.2 Å². The standard InChI is InChI=1S/C5H5N/c1-2-5(1)6-3-4-6/h1-5H. The monoisotopic (exact) mass is 79.0 g/mol. The number of hydrogen-bond donors (Lipinski definition) is 0. The second-order valence-corrected chi connectivity index (χ2v) is 1.62. The van der Waals surface area contributed by atoms with Gasteiger partial charge in [-0.3, -0.25) is 0 Å². The smallest absolute Gasteiger partial charge is 0.0697 e. The van der Waals surface area contributed by atoms with Crippen molar-refractivity contribution in [3.8, 4) is 0 Å². The fourth-order valence-electron chi connectivity index (χ4n) is 0.486. The molecule has 0 spiro atoms. The molecule has 0 fully saturated rings. The summed E-state index contributed by atoms with van der Waals surface area (Å²) in [5, 5.41) is 0. The van der Waals surface area contributed by atoms with Crippen molar-refractivity contribution in [3.05, 3.63) is 24.6 Å². The fourth-order valence-corrected chi connectivity index (χ4v) is 0.486. The Morgan fingerprint density at radius 1 is 1.17 bits per heavy atom. The van der Waals surface area contributed by atoms with Gasteiger partial charge in [0.15, 0.2) is 0 Å². The molecule has 30 valence electrons. The van der Waals surface area contributed by atoms with Crippen LogP contribution >= 0.6 is 0 Å². The van der Waals surface area contributed by atoms with Gasteiger partial charge in [0.25, 0.3) is 0 Å². The average Bonchev–Trinajstić information content (AvgIpc) is 2.26. The molecule has 0 saturated carbocycles. The van der Waals surface area contributed by atoms with Crippen molar-refractivity contribution in [2.45, 2.75) is 6.04 Å². The molecule has 0 saturated heterocycles. The van der Waals surface area contributed by atoms with Gasteiger partial charge >= 0.3 is 0 Å². The highest BCUT2D eigenvalue weighted by atomic mass is 15.2. The molecule has 0 bridgehead atoms. The molecule has 6 heavy (non-hydrogen) atoms. The van der Waals surface area contributed by atoms with E-state index in [4.69, 9.17) is 0 Å². The van der Waals surface area contributed by atoms with Gasteiger partial charge in [-0.05, 0) is 0 Å². The molecule has 0 atom stereocenters. The molecule has 0 aromatic carbocycles. The molecular weight excluding hydrogens is 74.1 g/mol. The van der Waals surface area contributed by atoms with Crippen LogP contribution in [0.4, 0.5) is 0 Å². The summed E-state index contributed by atoms with van der Waals surface area (Å²) in [6.45, 7) is 0. The highest BCUT2D eigenvalue weighted by molar-refractivity contribution is 5.28. The lowest BCUT2D eigenvalue weighted by Gasteiger charge is -1.92. The summed E-state index contributed by atoms with van der Waals surface area (Å²) in [6, 6.07) is 0.685. The molecule has 0 radical (unpaired) electrons. The molecule has 0 aromatic heterocycles. The Kier molecular flexibility index (Phi) is 0.219. The molecule has 0 aromatic rings. The van der Waals surface area contributed by atoms with Crippen molar-refractivity contribution in [1.29, 1.82) is 0 Å². The molecule has 2 rings (SSSR count). The third-order valence-corrected chi connectivity index (χ3v) is 1.03. The van der Waals surface area contributed by atoms with Crippen LogP contribution in [0.3, 0.4) is 0 Å². The van der Waals surface area contributed by atoms with Crippen LogP contribution in [0.15, 0.2) is 24.6 Å². The summed E-state index contributed by atoms with van der Waals surface area (Å²) in [4.78, 5) is 2.17. The summed E-state index contributed by atoms with van der Waals surface area (Å²) in [7, 11) is 0. The zero-order chi connectivity index (χ0) is 3.98. The van der Waals surface area contributed by atoms with Gasteiger partial charge in [0.05, 0.1) is 6.04 Å². The highest BCUT2D eigenvalue weighted by Crippen LogP contribution is 2.22. The van der Waals surface area contributed by atoms with Crippen LogP contribution in [-0.4, -0.2) is 10.9 Å². The molecule has 0 amide bonds. The van der Waals surface area contributed by atoms with Crippen LogP contribution in [0.25, 0.3) is 0 Å². The molecule has 1 nitrogen and oxygen atoms in total. The van der Waals surface area contributed by atoms with Gasteiger partial charge < -0.3 is 4.90 Å². The van der Waals surface area contributed by atoms with Gasteiger partial charge in [-0.15, -0.1) is 0 Å². The third kappa shape index (κ3) is 0.198. The number of nitrogens with zero attached hydrogens (tertiary/aromatic N) is 1. The van der Waals surface area contributed by atoms with E-state index in [2.05, 4.69) is 29.5 Å². The van der Waals surface area contributed by atoms with E-state index in [-0.39, 0.29) is 0 Å². The summed E-state index contributed by atoms with van der Waals surface area (Å²) < 4.78 is 0. The van der Waals surface area contributed by atoms with E-state index in [0.29, 0.717) is 6.04 Å². The predicted molar refractivity (Wildman–Crippen MR) is 23.9 cm³/mol. The normalized spacial score (nSPS) is 25.7. The minimum absolute atomic E-state index is 0.685. The zero-order valence-corrected chi connectivity index (χ0v) is 3.33. The lowest BCUT2D eigenvalue weighted by molar-refractivity contribution is 0.633. The Morgan fingerprint density at radius 2 is 1.83 bits per heavy atom. The Hall–Kier alpha value is -0.720. The van der Waals surface area contributed by atoms with Crippen molar-refractivity contribution < 1.29 is 0 Å². The minimum Gasteiger partial charge on any atom is -0.341 e. The molecule has 2 aliphatic rings. The third-order valence-electron chi connectivity index (χ3n) is 1.03. The Bertz CT molecular complexity index is 95.9. The van der Waals surface area contributed by atoms with E-state index >= 15 is 0 Å². The second kappa shape index (κ2) is 0.535. The Balaban J connectivity index is 1.97. The molecular formula is C5H5N. The largest absolute Gasteiger partial charge is 0.341 e. The SMILES string of the molecule is C1=CC1N1C=C1. The topological polar surface area (TPSA) is 3.01 Å². The van der Waals surface area contributed by atoms with Gasteiger partial charge in [-0.2, -0.15) is 0 Å². The lowest BCUT2D eigenvalue weighted by Crippen LogP contribution is -1.97. The predicted octanol–water partition coefficient (Wildman–Crippen LogP) is 0.712. The quantitative estimate of drug-likeness (QED) is 0.418. The van der Waals surface area contributed by atoms with E-state index in [9.17, 15) is 0 Å². The van der Waals surface area contributed by atoms with E-state index < -0.39 is 0 Å². The maximum Gasteiger partial charge on any atom is 0.0697 e. The van der Waals surface area contributed by atoms with Gasteiger partial charge in [-0.25, -0.2) is 0 Å². The summed E-state index contributed by atoms with van der Waals surface area (Å²) in [6.07, 6.45) is 8.48. The highest BCUT2D eigenvalue weighted by Gasteiger charge is 2.20. The van der Waals surface area contributed by atoms with Crippen LogP contribution in [0.2, 0.25) is 0 Å². The van der Waals surface area contributed by atoms with Crippen molar-refractivity contribution >= 4 is 0 Å². The van der Waals surface area contributed by atoms with Crippen LogP contribution in [-0.2, 0) is 0 Å². The van der Waals surface area contributed by atoms with Gasteiger partial charge in [0.2, 0.25) is 0 Å². The molecule has 1 aliphatic carbocycles.